The normalized spacial score (nSPS) is 16.5. The van der Waals surface area contributed by atoms with E-state index in [1.165, 1.54) is 12.1 Å². The maximum atomic E-state index is 13.4. The van der Waals surface area contributed by atoms with Crippen molar-refractivity contribution in [2.75, 3.05) is 33.3 Å². The number of rotatable bonds is 5. The first-order valence-electron chi connectivity index (χ1n) is 7.80. The van der Waals surface area contributed by atoms with Crippen LogP contribution in [0.5, 0.6) is 5.75 Å². The van der Waals surface area contributed by atoms with Crippen LogP contribution in [0.1, 0.15) is 12.5 Å². The zero-order valence-corrected chi connectivity index (χ0v) is 13.9. The molecule has 0 spiro atoms. The van der Waals surface area contributed by atoms with Crippen molar-refractivity contribution < 1.29 is 18.7 Å². The topological polar surface area (TPSA) is 87.9 Å². The molecule has 0 radical (unpaired) electrons. The second-order valence-corrected chi connectivity index (χ2v) is 5.79. The summed E-state index contributed by atoms with van der Waals surface area (Å²) in [7, 11) is 1.56. The minimum atomic E-state index is -0.715. The lowest BCUT2D eigenvalue weighted by molar-refractivity contribution is -0.134. The lowest BCUT2D eigenvalue weighted by Crippen LogP contribution is -2.54. The van der Waals surface area contributed by atoms with Gasteiger partial charge in [0.15, 0.2) is 0 Å². The van der Waals surface area contributed by atoms with Crippen molar-refractivity contribution in [2.24, 2.45) is 5.73 Å². The Bertz CT molecular complexity index is 603. The number of nitrogens with zero attached hydrogens (tertiary/aromatic N) is 2. The van der Waals surface area contributed by atoms with E-state index in [0.717, 1.165) is 5.56 Å². The van der Waals surface area contributed by atoms with Crippen LogP contribution in [0.25, 0.3) is 0 Å². The molecule has 1 fully saturated rings. The molecule has 1 atom stereocenters. The van der Waals surface area contributed by atoms with E-state index < -0.39 is 12.1 Å². The summed E-state index contributed by atoms with van der Waals surface area (Å²) in [5.74, 6) is 0.192. The molecule has 24 heavy (non-hydrogen) atoms. The minimum Gasteiger partial charge on any atom is -0.496 e. The van der Waals surface area contributed by atoms with Crippen molar-refractivity contribution in [2.45, 2.75) is 19.5 Å². The van der Waals surface area contributed by atoms with E-state index in [1.54, 1.807) is 25.0 Å². The summed E-state index contributed by atoms with van der Waals surface area (Å²) in [6, 6.07) is 3.09. The molecule has 1 aromatic carbocycles. The van der Waals surface area contributed by atoms with Crippen molar-refractivity contribution in [3.05, 3.63) is 29.6 Å². The number of halogens is 1. The van der Waals surface area contributed by atoms with Crippen LogP contribution >= 0.6 is 0 Å². The Kier molecular flexibility index (Phi) is 5.97. The number of primary amides is 1. The van der Waals surface area contributed by atoms with Crippen molar-refractivity contribution in [3.8, 4) is 5.75 Å². The Labute approximate surface area is 140 Å². The summed E-state index contributed by atoms with van der Waals surface area (Å²) in [5.41, 5.74) is 5.82. The molecule has 7 nitrogen and oxygen atoms in total. The van der Waals surface area contributed by atoms with Gasteiger partial charge in [0, 0.05) is 38.3 Å². The Hall–Kier alpha value is -2.35. The smallest absolute Gasteiger partial charge is 0.312 e. The second-order valence-electron chi connectivity index (χ2n) is 5.79. The standard InChI is InChI=1S/C16H23FN4O3/c1-11(19-16(18)23)15(22)21-7-5-20(6-8-21)10-12-9-13(17)3-4-14(12)24-2/h3-4,9,11H,5-8,10H2,1-2H3,(H3,18,19,23)/t11-/m0/s1. The molecule has 3 N–H and O–H groups in total. The van der Waals surface area contributed by atoms with Crippen molar-refractivity contribution in [1.29, 1.82) is 0 Å². The van der Waals surface area contributed by atoms with Crippen LogP contribution in [0.4, 0.5) is 9.18 Å². The predicted molar refractivity (Wildman–Crippen MR) is 87.0 cm³/mol. The number of nitrogens with one attached hydrogen (secondary N) is 1. The molecule has 1 heterocycles. The van der Waals surface area contributed by atoms with Crippen LogP contribution in [0, 0.1) is 5.82 Å². The SMILES string of the molecule is COc1ccc(F)cc1CN1CCN(C(=O)[C@H](C)NC(N)=O)CC1. The Morgan fingerprint density at radius 3 is 2.58 bits per heavy atom. The Balaban J connectivity index is 1.90. The number of carbonyl (C=O) groups excluding carboxylic acids is 2. The maximum Gasteiger partial charge on any atom is 0.312 e. The fraction of sp³-hybridized carbons (Fsp3) is 0.500. The first kappa shape index (κ1) is 18.0. The molecule has 0 unspecified atom stereocenters. The molecular weight excluding hydrogens is 315 g/mol. The average Bonchev–Trinajstić information content (AvgIpc) is 2.54. The fourth-order valence-electron chi connectivity index (χ4n) is 2.79. The maximum absolute atomic E-state index is 13.4. The lowest BCUT2D eigenvalue weighted by atomic mass is 10.1. The highest BCUT2D eigenvalue weighted by atomic mass is 19.1. The van der Waals surface area contributed by atoms with Gasteiger partial charge in [0.05, 0.1) is 7.11 Å². The molecule has 0 aliphatic carbocycles. The predicted octanol–water partition coefficient (Wildman–Crippen LogP) is 0.535. The first-order valence-corrected chi connectivity index (χ1v) is 7.80. The number of ether oxygens (including phenoxy) is 1. The van der Waals surface area contributed by atoms with Gasteiger partial charge in [0.1, 0.15) is 17.6 Å². The number of carbonyl (C=O) groups is 2. The molecule has 1 aliphatic heterocycles. The van der Waals surface area contributed by atoms with E-state index in [4.69, 9.17) is 10.5 Å². The number of amides is 3. The van der Waals surface area contributed by atoms with Crippen LogP contribution in [0.15, 0.2) is 18.2 Å². The number of methoxy groups -OCH3 is 1. The molecule has 132 valence electrons. The number of piperazine rings is 1. The number of nitrogens with two attached hydrogens (primary N) is 1. The number of urea groups is 1. The molecule has 2 rings (SSSR count). The van der Waals surface area contributed by atoms with Crippen molar-refractivity contribution in [3.63, 3.8) is 0 Å². The molecule has 1 aromatic rings. The molecule has 8 heteroatoms. The van der Waals surface area contributed by atoms with Gasteiger partial charge in [-0.3, -0.25) is 9.69 Å². The summed E-state index contributed by atoms with van der Waals surface area (Å²) in [4.78, 5) is 26.9. The lowest BCUT2D eigenvalue weighted by Gasteiger charge is -2.36. The van der Waals surface area contributed by atoms with Crippen LogP contribution in [-0.4, -0.2) is 61.1 Å². The van der Waals surface area contributed by atoms with Crippen LogP contribution < -0.4 is 15.8 Å². The molecule has 1 aliphatic rings. The minimum absolute atomic E-state index is 0.156. The van der Waals surface area contributed by atoms with Crippen molar-refractivity contribution >= 4 is 11.9 Å². The third-order valence-electron chi connectivity index (χ3n) is 4.05. The van der Waals surface area contributed by atoms with E-state index >= 15 is 0 Å². The Morgan fingerprint density at radius 2 is 2.00 bits per heavy atom. The van der Waals surface area contributed by atoms with Gasteiger partial charge in [-0.25, -0.2) is 9.18 Å². The molecular formula is C16H23FN4O3. The first-order chi connectivity index (χ1) is 11.4. The van der Waals surface area contributed by atoms with Gasteiger partial charge in [-0.2, -0.15) is 0 Å². The largest absolute Gasteiger partial charge is 0.496 e. The fourth-order valence-corrected chi connectivity index (χ4v) is 2.79. The highest BCUT2D eigenvalue weighted by Crippen LogP contribution is 2.21. The molecule has 1 saturated heterocycles. The Morgan fingerprint density at radius 1 is 1.33 bits per heavy atom. The number of hydrogen-bond acceptors (Lipinski definition) is 4. The summed E-state index contributed by atoms with van der Waals surface area (Å²) >= 11 is 0. The third kappa shape index (κ3) is 4.58. The molecule has 3 amide bonds. The quantitative estimate of drug-likeness (QED) is 0.820. The van der Waals surface area contributed by atoms with Gasteiger partial charge in [0.25, 0.3) is 0 Å². The summed E-state index contributed by atoms with van der Waals surface area (Å²) in [6.07, 6.45) is 0. The van der Waals surface area contributed by atoms with E-state index in [1.807, 2.05) is 0 Å². The zero-order valence-electron chi connectivity index (χ0n) is 13.9. The van der Waals surface area contributed by atoms with Crippen molar-refractivity contribution in [1.82, 2.24) is 15.1 Å². The molecule has 0 bridgehead atoms. The van der Waals surface area contributed by atoms with Gasteiger partial charge in [-0.05, 0) is 25.1 Å². The van der Waals surface area contributed by atoms with Gasteiger partial charge < -0.3 is 20.7 Å². The van der Waals surface area contributed by atoms with E-state index in [2.05, 4.69) is 10.2 Å². The summed E-state index contributed by atoms with van der Waals surface area (Å²) < 4.78 is 18.7. The summed E-state index contributed by atoms with van der Waals surface area (Å²) in [6.45, 7) is 4.57. The highest BCUT2D eigenvalue weighted by Gasteiger charge is 2.25. The second kappa shape index (κ2) is 7.96. The van der Waals surface area contributed by atoms with E-state index in [-0.39, 0.29) is 11.7 Å². The summed E-state index contributed by atoms with van der Waals surface area (Å²) in [5, 5.41) is 2.39. The average molecular weight is 338 g/mol. The van der Waals surface area contributed by atoms with Crippen LogP contribution in [0.2, 0.25) is 0 Å². The molecule has 0 aromatic heterocycles. The van der Waals surface area contributed by atoms with E-state index in [9.17, 15) is 14.0 Å². The number of hydrogen-bond donors (Lipinski definition) is 2. The number of benzene rings is 1. The van der Waals surface area contributed by atoms with Gasteiger partial charge in [-0.1, -0.05) is 0 Å². The monoisotopic (exact) mass is 338 g/mol. The van der Waals surface area contributed by atoms with E-state index in [0.29, 0.717) is 38.5 Å². The highest BCUT2D eigenvalue weighted by molar-refractivity contribution is 5.86. The van der Waals surface area contributed by atoms with Gasteiger partial charge >= 0.3 is 6.03 Å². The van der Waals surface area contributed by atoms with Crippen LogP contribution in [0.3, 0.4) is 0 Å². The third-order valence-corrected chi connectivity index (χ3v) is 4.05. The molecule has 0 saturated carbocycles. The zero-order chi connectivity index (χ0) is 17.7. The van der Waals surface area contributed by atoms with Crippen LogP contribution in [-0.2, 0) is 11.3 Å². The van der Waals surface area contributed by atoms with Gasteiger partial charge in [-0.15, -0.1) is 0 Å². The van der Waals surface area contributed by atoms with Gasteiger partial charge in [0.2, 0.25) is 5.91 Å².